The van der Waals surface area contributed by atoms with Gasteiger partial charge in [-0.1, -0.05) is 13.8 Å². The lowest BCUT2D eigenvalue weighted by molar-refractivity contribution is -0.133. The fourth-order valence-corrected chi connectivity index (χ4v) is 1.15. The Balaban J connectivity index is 2.51. The maximum Gasteiger partial charge on any atom is 0.225 e. The van der Waals surface area contributed by atoms with Crippen LogP contribution in [0.4, 0.5) is 0 Å². The molecule has 0 radical (unpaired) electrons. The number of amides is 1. The lowest BCUT2D eigenvalue weighted by atomic mass is 10.2. The van der Waals surface area contributed by atoms with Crippen molar-refractivity contribution in [2.45, 2.75) is 20.4 Å². The molecule has 0 aliphatic heterocycles. The van der Waals surface area contributed by atoms with Crippen molar-refractivity contribution in [3.05, 3.63) is 18.2 Å². The van der Waals surface area contributed by atoms with E-state index in [9.17, 15) is 4.79 Å². The number of carbonyl (C=O) groups is 1. The first kappa shape index (κ1) is 9.77. The molecule has 13 heavy (non-hydrogen) atoms. The van der Waals surface area contributed by atoms with Gasteiger partial charge in [-0.15, -0.1) is 0 Å². The number of carbonyl (C=O) groups excluding carboxylic acids is 1. The van der Waals surface area contributed by atoms with Gasteiger partial charge in [0.1, 0.15) is 0 Å². The van der Waals surface area contributed by atoms with E-state index in [1.165, 1.54) is 0 Å². The molecule has 0 unspecified atom stereocenters. The minimum atomic E-state index is 0.0490. The van der Waals surface area contributed by atoms with E-state index in [-0.39, 0.29) is 11.8 Å². The van der Waals surface area contributed by atoms with Crippen LogP contribution in [-0.4, -0.2) is 27.8 Å². The molecule has 1 aromatic rings. The average molecular weight is 181 g/mol. The van der Waals surface area contributed by atoms with Crippen molar-refractivity contribution in [1.29, 1.82) is 0 Å². The molecule has 0 aromatic carbocycles. The molecule has 0 saturated heterocycles. The molecular formula is C9H15N3O. The van der Waals surface area contributed by atoms with Crippen molar-refractivity contribution in [3.63, 3.8) is 0 Å². The molecule has 72 valence electrons. The quantitative estimate of drug-likeness (QED) is 0.757. The number of H-pyrrole nitrogens is 1. The first-order valence-electron chi connectivity index (χ1n) is 4.33. The van der Waals surface area contributed by atoms with Crippen LogP contribution in [0, 0.1) is 5.92 Å². The fourth-order valence-electron chi connectivity index (χ4n) is 1.15. The van der Waals surface area contributed by atoms with E-state index in [2.05, 4.69) is 9.97 Å². The standard InChI is InChI=1S/C9H15N3O/c1-7(2)9(13)12(3)5-8-4-10-6-11-8/h4,6-7H,5H2,1-3H3,(H,10,11). The molecule has 1 amide bonds. The van der Waals surface area contributed by atoms with Crippen molar-refractivity contribution >= 4 is 5.91 Å². The van der Waals surface area contributed by atoms with Crippen LogP contribution < -0.4 is 0 Å². The second kappa shape index (κ2) is 4.07. The maximum atomic E-state index is 11.5. The molecule has 1 N–H and O–H groups in total. The average Bonchev–Trinajstić information content (AvgIpc) is 2.55. The lowest BCUT2D eigenvalue weighted by Gasteiger charge is -2.18. The summed E-state index contributed by atoms with van der Waals surface area (Å²) in [6.45, 7) is 4.38. The number of nitrogens with one attached hydrogen (secondary N) is 1. The predicted octanol–water partition coefficient (Wildman–Crippen LogP) is 1.02. The van der Waals surface area contributed by atoms with Crippen LogP contribution in [0.25, 0.3) is 0 Å². The first-order valence-corrected chi connectivity index (χ1v) is 4.33. The summed E-state index contributed by atoms with van der Waals surface area (Å²) in [6.07, 6.45) is 3.34. The Kier molecular flexibility index (Phi) is 3.06. The van der Waals surface area contributed by atoms with Crippen molar-refractivity contribution in [2.75, 3.05) is 7.05 Å². The highest BCUT2D eigenvalue weighted by Crippen LogP contribution is 2.03. The van der Waals surface area contributed by atoms with Crippen molar-refractivity contribution in [3.8, 4) is 0 Å². The third kappa shape index (κ3) is 2.57. The molecule has 0 spiro atoms. The third-order valence-electron chi connectivity index (χ3n) is 1.83. The number of rotatable bonds is 3. The molecule has 0 bridgehead atoms. The highest BCUT2D eigenvalue weighted by Gasteiger charge is 2.12. The van der Waals surface area contributed by atoms with Gasteiger partial charge < -0.3 is 9.88 Å². The Morgan fingerprint density at radius 3 is 2.85 bits per heavy atom. The predicted molar refractivity (Wildman–Crippen MR) is 49.9 cm³/mol. The number of hydrogen-bond donors (Lipinski definition) is 1. The summed E-state index contributed by atoms with van der Waals surface area (Å²) in [5, 5.41) is 0. The van der Waals surface area contributed by atoms with Gasteiger partial charge in [0.2, 0.25) is 5.91 Å². The van der Waals surface area contributed by atoms with Gasteiger partial charge in [-0.3, -0.25) is 4.79 Å². The van der Waals surface area contributed by atoms with Gasteiger partial charge in [0.15, 0.2) is 0 Å². The van der Waals surface area contributed by atoms with E-state index in [1.54, 1.807) is 24.5 Å². The highest BCUT2D eigenvalue weighted by atomic mass is 16.2. The zero-order chi connectivity index (χ0) is 9.84. The summed E-state index contributed by atoms with van der Waals surface area (Å²) in [4.78, 5) is 20.0. The van der Waals surface area contributed by atoms with E-state index in [1.807, 2.05) is 13.8 Å². The van der Waals surface area contributed by atoms with E-state index < -0.39 is 0 Å². The minimum Gasteiger partial charge on any atom is -0.347 e. The monoisotopic (exact) mass is 181 g/mol. The summed E-state index contributed by atoms with van der Waals surface area (Å²) >= 11 is 0. The summed E-state index contributed by atoms with van der Waals surface area (Å²) in [5.41, 5.74) is 0.955. The summed E-state index contributed by atoms with van der Waals surface area (Å²) < 4.78 is 0. The Morgan fingerprint density at radius 2 is 2.38 bits per heavy atom. The molecule has 4 heteroatoms. The summed E-state index contributed by atoms with van der Waals surface area (Å²) in [7, 11) is 1.79. The van der Waals surface area contributed by atoms with Crippen molar-refractivity contribution < 1.29 is 4.79 Å². The summed E-state index contributed by atoms with van der Waals surface area (Å²) in [6, 6.07) is 0. The molecule has 0 aliphatic rings. The molecule has 0 atom stereocenters. The summed E-state index contributed by atoms with van der Waals surface area (Å²) in [5.74, 6) is 0.197. The van der Waals surface area contributed by atoms with Crippen molar-refractivity contribution in [1.82, 2.24) is 14.9 Å². The van der Waals surface area contributed by atoms with Gasteiger partial charge in [0.05, 0.1) is 18.6 Å². The number of nitrogens with zero attached hydrogens (tertiary/aromatic N) is 2. The SMILES string of the molecule is CC(C)C(=O)N(C)Cc1cnc[nH]1. The Bertz CT molecular complexity index is 266. The molecular weight excluding hydrogens is 166 g/mol. The molecule has 0 aliphatic carbocycles. The van der Waals surface area contributed by atoms with Crippen LogP contribution in [0.3, 0.4) is 0 Å². The van der Waals surface area contributed by atoms with Gasteiger partial charge in [0.25, 0.3) is 0 Å². The fraction of sp³-hybridized carbons (Fsp3) is 0.556. The van der Waals surface area contributed by atoms with Gasteiger partial charge in [-0.05, 0) is 0 Å². The van der Waals surface area contributed by atoms with E-state index in [0.29, 0.717) is 6.54 Å². The second-order valence-electron chi connectivity index (χ2n) is 3.43. The van der Waals surface area contributed by atoms with Crippen LogP contribution in [-0.2, 0) is 11.3 Å². The number of imidazole rings is 1. The molecule has 0 fully saturated rings. The Morgan fingerprint density at radius 1 is 1.69 bits per heavy atom. The second-order valence-corrected chi connectivity index (χ2v) is 3.43. The molecule has 4 nitrogen and oxygen atoms in total. The zero-order valence-corrected chi connectivity index (χ0v) is 8.24. The maximum absolute atomic E-state index is 11.5. The van der Waals surface area contributed by atoms with E-state index in [0.717, 1.165) is 5.69 Å². The lowest BCUT2D eigenvalue weighted by Crippen LogP contribution is -2.30. The largest absolute Gasteiger partial charge is 0.347 e. The van der Waals surface area contributed by atoms with E-state index in [4.69, 9.17) is 0 Å². The number of hydrogen-bond acceptors (Lipinski definition) is 2. The van der Waals surface area contributed by atoms with Gasteiger partial charge in [-0.2, -0.15) is 0 Å². The van der Waals surface area contributed by atoms with Gasteiger partial charge >= 0.3 is 0 Å². The molecule has 1 aromatic heterocycles. The third-order valence-corrected chi connectivity index (χ3v) is 1.83. The number of aromatic nitrogens is 2. The topological polar surface area (TPSA) is 49.0 Å². The van der Waals surface area contributed by atoms with E-state index >= 15 is 0 Å². The normalized spacial score (nSPS) is 10.5. The van der Waals surface area contributed by atoms with Crippen molar-refractivity contribution in [2.24, 2.45) is 5.92 Å². The molecule has 1 rings (SSSR count). The van der Waals surface area contributed by atoms with Gasteiger partial charge in [0, 0.05) is 19.2 Å². The number of aromatic amines is 1. The smallest absolute Gasteiger partial charge is 0.225 e. The first-order chi connectivity index (χ1) is 6.11. The molecule has 0 saturated carbocycles. The van der Waals surface area contributed by atoms with Crippen LogP contribution in [0.15, 0.2) is 12.5 Å². The van der Waals surface area contributed by atoms with Crippen LogP contribution in [0.2, 0.25) is 0 Å². The Labute approximate surface area is 78.0 Å². The Hall–Kier alpha value is -1.32. The van der Waals surface area contributed by atoms with Crippen LogP contribution in [0.1, 0.15) is 19.5 Å². The van der Waals surface area contributed by atoms with Gasteiger partial charge in [-0.25, -0.2) is 4.98 Å². The molecule has 1 heterocycles. The highest BCUT2D eigenvalue weighted by molar-refractivity contribution is 5.77. The zero-order valence-electron chi connectivity index (χ0n) is 8.24. The van der Waals surface area contributed by atoms with Crippen LogP contribution >= 0.6 is 0 Å². The van der Waals surface area contributed by atoms with Crippen LogP contribution in [0.5, 0.6) is 0 Å². The minimum absolute atomic E-state index is 0.0490.